The van der Waals surface area contributed by atoms with Gasteiger partial charge in [-0.3, -0.25) is 4.79 Å². The van der Waals surface area contributed by atoms with Crippen molar-refractivity contribution in [1.82, 2.24) is 5.32 Å². The van der Waals surface area contributed by atoms with Crippen LogP contribution in [0.5, 0.6) is 0 Å². The van der Waals surface area contributed by atoms with E-state index in [1.807, 2.05) is 18.4 Å². The molecule has 2 amide bonds. The van der Waals surface area contributed by atoms with Crippen molar-refractivity contribution in [2.45, 2.75) is 17.5 Å². The molecule has 0 aliphatic carbocycles. The minimum Gasteiger partial charge on any atom is -0.440 e. The number of benzene rings is 1. The summed E-state index contributed by atoms with van der Waals surface area (Å²) < 4.78 is 39.4. The van der Waals surface area contributed by atoms with Gasteiger partial charge in [-0.1, -0.05) is 12.1 Å². The largest absolute Gasteiger partial charge is 0.440 e. The smallest absolute Gasteiger partial charge is 0.422 e. The van der Waals surface area contributed by atoms with Gasteiger partial charge in [-0.05, 0) is 18.4 Å². The first kappa shape index (κ1) is 18.1. The van der Waals surface area contributed by atoms with Gasteiger partial charge >= 0.3 is 12.3 Å². The van der Waals surface area contributed by atoms with Crippen LogP contribution in [0, 0.1) is 0 Å². The zero-order valence-electron chi connectivity index (χ0n) is 11.7. The molecule has 0 aromatic heterocycles. The number of nitrogens with one attached hydrogen (secondary N) is 2. The fraction of sp³-hybridized carbons (Fsp3) is 0.385. The van der Waals surface area contributed by atoms with Crippen LogP contribution in [0.15, 0.2) is 29.2 Å². The highest BCUT2D eigenvalue weighted by Crippen LogP contribution is 2.24. The number of halogens is 3. The zero-order valence-corrected chi connectivity index (χ0v) is 12.5. The lowest BCUT2D eigenvalue weighted by atomic mass is 10.3. The van der Waals surface area contributed by atoms with Gasteiger partial charge in [0.2, 0.25) is 5.91 Å². The molecule has 0 aliphatic rings. The van der Waals surface area contributed by atoms with Crippen LogP contribution in [-0.4, -0.2) is 37.6 Å². The number of alkyl halides is 3. The van der Waals surface area contributed by atoms with E-state index in [0.717, 1.165) is 4.90 Å². The van der Waals surface area contributed by atoms with E-state index in [2.05, 4.69) is 15.4 Å². The van der Waals surface area contributed by atoms with Crippen molar-refractivity contribution in [3.8, 4) is 0 Å². The normalized spacial score (nSPS) is 10.9. The molecular formula is C13H15F3N2O3S. The lowest BCUT2D eigenvalue weighted by molar-refractivity contribution is -0.160. The SMILES string of the molecule is CSc1ccccc1NC(=O)CCNC(=O)OCC(F)(F)F. The summed E-state index contributed by atoms with van der Waals surface area (Å²) >= 11 is 1.46. The molecule has 122 valence electrons. The highest BCUT2D eigenvalue weighted by Gasteiger charge is 2.29. The van der Waals surface area contributed by atoms with E-state index < -0.39 is 18.9 Å². The maximum Gasteiger partial charge on any atom is 0.422 e. The Labute approximate surface area is 129 Å². The second kappa shape index (κ2) is 8.52. The Morgan fingerprint density at radius 3 is 2.59 bits per heavy atom. The van der Waals surface area contributed by atoms with Crippen LogP contribution in [0.2, 0.25) is 0 Å². The number of thioether (sulfide) groups is 1. The van der Waals surface area contributed by atoms with E-state index in [9.17, 15) is 22.8 Å². The van der Waals surface area contributed by atoms with Crippen LogP contribution in [0.25, 0.3) is 0 Å². The molecule has 0 fully saturated rings. The van der Waals surface area contributed by atoms with Crippen molar-refractivity contribution in [1.29, 1.82) is 0 Å². The van der Waals surface area contributed by atoms with Gasteiger partial charge in [0.15, 0.2) is 6.61 Å². The van der Waals surface area contributed by atoms with E-state index in [1.165, 1.54) is 11.8 Å². The Kier molecular flexibility index (Phi) is 7.03. The third kappa shape index (κ3) is 7.21. The van der Waals surface area contributed by atoms with Crippen molar-refractivity contribution in [3.05, 3.63) is 24.3 Å². The van der Waals surface area contributed by atoms with Crippen molar-refractivity contribution in [3.63, 3.8) is 0 Å². The summed E-state index contributed by atoms with van der Waals surface area (Å²) in [6, 6.07) is 7.17. The lowest BCUT2D eigenvalue weighted by Crippen LogP contribution is -2.31. The Bertz CT molecular complexity index is 523. The second-order valence-corrected chi connectivity index (χ2v) is 4.96. The molecule has 0 saturated carbocycles. The van der Waals surface area contributed by atoms with Gasteiger partial charge < -0.3 is 15.4 Å². The van der Waals surface area contributed by atoms with E-state index in [-0.39, 0.29) is 18.9 Å². The van der Waals surface area contributed by atoms with Crippen LogP contribution in [0.4, 0.5) is 23.7 Å². The number of ether oxygens (including phenoxy) is 1. The van der Waals surface area contributed by atoms with Gasteiger partial charge in [-0.15, -0.1) is 11.8 Å². The molecule has 0 saturated heterocycles. The van der Waals surface area contributed by atoms with Crippen molar-refractivity contribution in [2.24, 2.45) is 0 Å². The highest BCUT2D eigenvalue weighted by atomic mass is 32.2. The monoisotopic (exact) mass is 336 g/mol. The molecule has 0 aliphatic heterocycles. The third-order valence-corrected chi connectivity index (χ3v) is 3.17. The number of rotatable bonds is 6. The fourth-order valence-corrected chi connectivity index (χ4v) is 1.99. The summed E-state index contributed by atoms with van der Waals surface area (Å²) in [5.41, 5.74) is 0.639. The quantitative estimate of drug-likeness (QED) is 0.784. The molecular weight excluding hydrogens is 321 g/mol. The topological polar surface area (TPSA) is 67.4 Å². The summed E-state index contributed by atoms with van der Waals surface area (Å²) in [5, 5.41) is 4.73. The number of alkyl carbamates (subject to hydrolysis) is 1. The molecule has 0 heterocycles. The first-order valence-electron chi connectivity index (χ1n) is 6.22. The standard InChI is InChI=1S/C13H15F3N2O3S/c1-22-10-5-3-2-4-9(10)18-11(19)6-7-17-12(20)21-8-13(14,15)16/h2-5H,6-8H2,1H3,(H,17,20)(H,18,19). The summed E-state index contributed by atoms with van der Waals surface area (Å²) in [4.78, 5) is 23.5. The molecule has 0 spiro atoms. The molecule has 0 radical (unpaired) electrons. The molecule has 2 N–H and O–H groups in total. The van der Waals surface area contributed by atoms with Gasteiger partial charge in [0, 0.05) is 17.9 Å². The molecule has 5 nitrogen and oxygen atoms in total. The Morgan fingerprint density at radius 2 is 1.95 bits per heavy atom. The number of carbonyl (C=O) groups is 2. The Hall–Kier alpha value is -1.90. The predicted octanol–water partition coefficient (Wildman–Crippen LogP) is 3.03. The van der Waals surface area contributed by atoms with Gasteiger partial charge in [-0.25, -0.2) is 4.79 Å². The summed E-state index contributed by atoms with van der Waals surface area (Å²) in [5.74, 6) is -0.363. The average molecular weight is 336 g/mol. The summed E-state index contributed by atoms with van der Waals surface area (Å²) in [6.07, 6.45) is -4.00. The minimum atomic E-state index is -4.57. The molecule has 1 rings (SSSR count). The lowest BCUT2D eigenvalue weighted by Gasteiger charge is -2.10. The molecule has 9 heteroatoms. The second-order valence-electron chi connectivity index (χ2n) is 4.12. The molecule has 22 heavy (non-hydrogen) atoms. The molecule has 0 bridgehead atoms. The molecule has 1 aromatic rings. The van der Waals surface area contributed by atoms with Crippen LogP contribution >= 0.6 is 11.8 Å². The maximum absolute atomic E-state index is 11.8. The number of hydrogen-bond acceptors (Lipinski definition) is 4. The molecule has 0 unspecified atom stereocenters. The molecule has 0 atom stereocenters. The van der Waals surface area contributed by atoms with Crippen LogP contribution in [-0.2, 0) is 9.53 Å². The van der Waals surface area contributed by atoms with Crippen molar-refractivity contribution in [2.75, 3.05) is 24.7 Å². The van der Waals surface area contributed by atoms with Crippen LogP contribution < -0.4 is 10.6 Å². The Balaban J connectivity index is 2.30. The number of anilines is 1. The minimum absolute atomic E-state index is 0.0795. The van der Waals surface area contributed by atoms with E-state index in [4.69, 9.17) is 0 Å². The Morgan fingerprint density at radius 1 is 1.27 bits per heavy atom. The summed E-state index contributed by atoms with van der Waals surface area (Å²) in [6.45, 7) is -1.78. The number of hydrogen-bond donors (Lipinski definition) is 2. The zero-order chi connectivity index (χ0) is 16.6. The van der Waals surface area contributed by atoms with Crippen molar-refractivity contribution < 1.29 is 27.5 Å². The predicted molar refractivity (Wildman–Crippen MR) is 76.9 cm³/mol. The van der Waals surface area contributed by atoms with Gasteiger partial charge in [0.1, 0.15) is 0 Å². The molecule has 1 aromatic carbocycles. The van der Waals surface area contributed by atoms with E-state index >= 15 is 0 Å². The van der Waals surface area contributed by atoms with E-state index in [0.29, 0.717) is 5.69 Å². The van der Waals surface area contributed by atoms with Crippen LogP contribution in [0.1, 0.15) is 6.42 Å². The average Bonchev–Trinajstić information content (AvgIpc) is 2.45. The van der Waals surface area contributed by atoms with Gasteiger partial charge in [0.05, 0.1) is 5.69 Å². The number of carbonyl (C=O) groups excluding carboxylic acids is 2. The number of para-hydroxylation sites is 1. The maximum atomic E-state index is 11.8. The third-order valence-electron chi connectivity index (χ3n) is 2.37. The number of amides is 2. The first-order chi connectivity index (χ1) is 10.3. The summed E-state index contributed by atoms with van der Waals surface area (Å²) in [7, 11) is 0. The van der Waals surface area contributed by atoms with Gasteiger partial charge in [-0.2, -0.15) is 13.2 Å². The van der Waals surface area contributed by atoms with Gasteiger partial charge in [0.25, 0.3) is 0 Å². The van der Waals surface area contributed by atoms with Crippen LogP contribution in [0.3, 0.4) is 0 Å². The fourth-order valence-electron chi connectivity index (χ4n) is 1.44. The van der Waals surface area contributed by atoms with Crippen molar-refractivity contribution >= 4 is 29.4 Å². The first-order valence-corrected chi connectivity index (χ1v) is 7.44. The van der Waals surface area contributed by atoms with E-state index in [1.54, 1.807) is 12.1 Å². The highest BCUT2D eigenvalue weighted by molar-refractivity contribution is 7.98.